The summed E-state index contributed by atoms with van der Waals surface area (Å²) < 4.78 is 1.56. The molecule has 3 aromatic rings. The van der Waals surface area contributed by atoms with E-state index in [1.807, 2.05) is 12.3 Å². The SMILES string of the molecule is Cc1nc(-c2cn3nccc3c(=O)[nH]2)cs1. The molecular weight excluding hydrogens is 224 g/mol. The smallest absolute Gasteiger partial charge is 0.274 e. The van der Waals surface area contributed by atoms with Crippen LogP contribution in [0.3, 0.4) is 0 Å². The van der Waals surface area contributed by atoms with Crippen LogP contribution in [0.4, 0.5) is 0 Å². The minimum absolute atomic E-state index is 0.152. The van der Waals surface area contributed by atoms with Gasteiger partial charge in [0.05, 0.1) is 28.8 Å². The van der Waals surface area contributed by atoms with Crippen molar-refractivity contribution in [3.8, 4) is 11.4 Å². The number of hydrogen-bond donors (Lipinski definition) is 1. The molecule has 80 valence electrons. The summed E-state index contributed by atoms with van der Waals surface area (Å²) in [6.07, 6.45) is 3.37. The molecule has 16 heavy (non-hydrogen) atoms. The summed E-state index contributed by atoms with van der Waals surface area (Å²) in [6, 6.07) is 1.68. The first-order valence-electron chi connectivity index (χ1n) is 4.73. The van der Waals surface area contributed by atoms with Crippen LogP contribution in [0.15, 0.2) is 28.6 Å². The van der Waals surface area contributed by atoms with Gasteiger partial charge in [-0.2, -0.15) is 5.10 Å². The monoisotopic (exact) mass is 232 g/mol. The number of aryl methyl sites for hydroxylation is 1. The van der Waals surface area contributed by atoms with Gasteiger partial charge in [-0.05, 0) is 13.0 Å². The van der Waals surface area contributed by atoms with E-state index in [1.165, 1.54) is 0 Å². The molecule has 0 bridgehead atoms. The standard InChI is InChI=1S/C10H8N4OS/c1-6-12-8(5-16-6)7-4-14-9(2-3-11-14)10(15)13-7/h2-5H,1H3,(H,13,15). The van der Waals surface area contributed by atoms with Crippen molar-refractivity contribution in [2.75, 3.05) is 0 Å². The second-order valence-electron chi connectivity index (χ2n) is 3.41. The maximum Gasteiger partial charge on any atom is 0.274 e. The zero-order valence-corrected chi connectivity index (χ0v) is 9.28. The molecule has 1 N–H and O–H groups in total. The van der Waals surface area contributed by atoms with Gasteiger partial charge in [-0.25, -0.2) is 9.50 Å². The molecule has 0 aliphatic carbocycles. The van der Waals surface area contributed by atoms with E-state index < -0.39 is 0 Å². The Bertz CT molecular complexity index is 709. The minimum atomic E-state index is -0.152. The van der Waals surface area contributed by atoms with Gasteiger partial charge in [0, 0.05) is 5.38 Å². The predicted molar refractivity (Wildman–Crippen MR) is 61.7 cm³/mol. The second-order valence-corrected chi connectivity index (χ2v) is 4.47. The van der Waals surface area contributed by atoms with E-state index in [-0.39, 0.29) is 5.56 Å². The van der Waals surface area contributed by atoms with E-state index in [4.69, 9.17) is 0 Å². The van der Waals surface area contributed by atoms with Gasteiger partial charge in [0.25, 0.3) is 5.56 Å². The molecule has 0 amide bonds. The van der Waals surface area contributed by atoms with Crippen LogP contribution in [0.5, 0.6) is 0 Å². The van der Waals surface area contributed by atoms with Crippen LogP contribution in [0.25, 0.3) is 16.9 Å². The quantitative estimate of drug-likeness (QED) is 0.690. The van der Waals surface area contributed by atoms with Gasteiger partial charge in [0.1, 0.15) is 5.52 Å². The van der Waals surface area contributed by atoms with Crippen molar-refractivity contribution in [3.63, 3.8) is 0 Å². The largest absolute Gasteiger partial charge is 0.317 e. The summed E-state index contributed by atoms with van der Waals surface area (Å²) in [6.45, 7) is 1.93. The van der Waals surface area contributed by atoms with E-state index in [9.17, 15) is 4.79 Å². The Labute approximate surface area is 94.4 Å². The number of H-pyrrole nitrogens is 1. The molecule has 0 radical (unpaired) electrons. The topological polar surface area (TPSA) is 63.1 Å². The van der Waals surface area contributed by atoms with Crippen molar-refractivity contribution < 1.29 is 0 Å². The average Bonchev–Trinajstić information content (AvgIpc) is 2.85. The highest BCUT2D eigenvalue weighted by Gasteiger charge is 2.06. The lowest BCUT2D eigenvalue weighted by molar-refractivity contribution is 0.937. The Hall–Kier alpha value is -1.95. The van der Waals surface area contributed by atoms with Crippen LogP contribution >= 0.6 is 11.3 Å². The van der Waals surface area contributed by atoms with E-state index >= 15 is 0 Å². The van der Waals surface area contributed by atoms with Gasteiger partial charge >= 0.3 is 0 Å². The third-order valence-electron chi connectivity index (χ3n) is 2.30. The zero-order valence-electron chi connectivity index (χ0n) is 8.47. The van der Waals surface area contributed by atoms with Crippen molar-refractivity contribution in [3.05, 3.63) is 39.2 Å². The van der Waals surface area contributed by atoms with Gasteiger partial charge in [-0.1, -0.05) is 0 Å². The summed E-state index contributed by atoms with van der Waals surface area (Å²) >= 11 is 1.55. The van der Waals surface area contributed by atoms with Crippen molar-refractivity contribution in [1.29, 1.82) is 0 Å². The van der Waals surface area contributed by atoms with Gasteiger partial charge in [-0.3, -0.25) is 4.79 Å². The van der Waals surface area contributed by atoms with Gasteiger partial charge in [0.15, 0.2) is 0 Å². The number of thiazole rings is 1. The third kappa shape index (κ3) is 1.35. The number of rotatable bonds is 1. The fourth-order valence-electron chi connectivity index (χ4n) is 1.56. The molecule has 0 saturated carbocycles. The highest BCUT2D eigenvalue weighted by Crippen LogP contribution is 2.18. The number of nitrogens with one attached hydrogen (secondary N) is 1. The first kappa shape index (κ1) is 9.29. The lowest BCUT2D eigenvalue weighted by Crippen LogP contribution is -2.10. The summed E-state index contributed by atoms with van der Waals surface area (Å²) in [4.78, 5) is 18.8. The lowest BCUT2D eigenvalue weighted by atomic mass is 10.3. The van der Waals surface area contributed by atoms with Gasteiger partial charge in [0.2, 0.25) is 0 Å². The fourth-order valence-corrected chi connectivity index (χ4v) is 2.17. The highest BCUT2D eigenvalue weighted by atomic mass is 32.1. The summed E-state index contributed by atoms with van der Waals surface area (Å²) in [7, 11) is 0. The molecule has 0 atom stereocenters. The molecule has 3 rings (SSSR count). The zero-order chi connectivity index (χ0) is 11.1. The molecule has 0 aliphatic rings. The molecule has 3 aromatic heterocycles. The van der Waals surface area contributed by atoms with E-state index in [1.54, 1.807) is 34.3 Å². The van der Waals surface area contributed by atoms with Gasteiger partial charge < -0.3 is 4.98 Å². The molecule has 0 fully saturated rings. The van der Waals surface area contributed by atoms with Crippen LogP contribution < -0.4 is 5.56 Å². The molecule has 0 saturated heterocycles. The Balaban J connectivity index is 2.28. The van der Waals surface area contributed by atoms with Crippen molar-refractivity contribution >= 4 is 16.9 Å². The number of nitrogens with zero attached hydrogens (tertiary/aromatic N) is 3. The third-order valence-corrected chi connectivity index (χ3v) is 3.07. The summed E-state index contributed by atoms with van der Waals surface area (Å²) in [5.74, 6) is 0. The van der Waals surface area contributed by atoms with Crippen molar-refractivity contribution in [2.45, 2.75) is 6.92 Å². The molecule has 5 nitrogen and oxygen atoms in total. The lowest BCUT2D eigenvalue weighted by Gasteiger charge is -1.98. The first-order chi connectivity index (χ1) is 7.74. The minimum Gasteiger partial charge on any atom is -0.317 e. The van der Waals surface area contributed by atoms with Crippen LogP contribution in [0, 0.1) is 6.92 Å². The number of aromatic amines is 1. The van der Waals surface area contributed by atoms with E-state index in [0.717, 1.165) is 10.7 Å². The Morgan fingerprint density at radius 2 is 2.38 bits per heavy atom. The first-order valence-corrected chi connectivity index (χ1v) is 5.61. The van der Waals surface area contributed by atoms with E-state index in [2.05, 4.69) is 15.1 Å². The Kier molecular flexibility index (Phi) is 1.90. The Morgan fingerprint density at radius 1 is 1.50 bits per heavy atom. The normalized spacial score (nSPS) is 11.1. The fraction of sp³-hybridized carbons (Fsp3) is 0.100. The molecule has 0 unspecified atom stereocenters. The second kappa shape index (κ2) is 3.28. The molecule has 0 spiro atoms. The summed E-state index contributed by atoms with van der Waals surface area (Å²) in [5.41, 5.74) is 1.85. The summed E-state index contributed by atoms with van der Waals surface area (Å²) in [5, 5.41) is 6.93. The Morgan fingerprint density at radius 3 is 3.12 bits per heavy atom. The van der Waals surface area contributed by atoms with E-state index in [0.29, 0.717) is 11.2 Å². The number of fused-ring (bicyclic) bond motifs is 1. The van der Waals surface area contributed by atoms with Crippen LogP contribution in [-0.4, -0.2) is 19.6 Å². The molecular formula is C10H8N4OS. The molecule has 0 aliphatic heterocycles. The maximum absolute atomic E-state index is 11.7. The van der Waals surface area contributed by atoms with Crippen LogP contribution in [0.2, 0.25) is 0 Å². The maximum atomic E-state index is 11.7. The average molecular weight is 232 g/mol. The number of hydrogen-bond acceptors (Lipinski definition) is 4. The van der Waals surface area contributed by atoms with Gasteiger partial charge in [-0.15, -0.1) is 11.3 Å². The molecule has 3 heterocycles. The van der Waals surface area contributed by atoms with Crippen LogP contribution in [0.1, 0.15) is 5.01 Å². The van der Waals surface area contributed by atoms with Crippen molar-refractivity contribution in [2.24, 2.45) is 0 Å². The highest BCUT2D eigenvalue weighted by molar-refractivity contribution is 7.09. The molecule has 0 aromatic carbocycles. The predicted octanol–water partition coefficient (Wildman–Crippen LogP) is 1.45. The number of aromatic nitrogens is 4. The van der Waals surface area contributed by atoms with Crippen molar-refractivity contribution in [1.82, 2.24) is 19.6 Å². The van der Waals surface area contributed by atoms with Crippen LogP contribution in [-0.2, 0) is 0 Å². The molecule has 6 heteroatoms.